The summed E-state index contributed by atoms with van der Waals surface area (Å²) >= 11 is 0. The number of fused-ring (bicyclic) bond motifs is 2. The lowest BCUT2D eigenvalue weighted by atomic mass is 10.1. The lowest BCUT2D eigenvalue weighted by Gasteiger charge is -2.06. The minimum Gasteiger partial charge on any atom is -0.398 e. The number of anilines is 3. The van der Waals surface area contributed by atoms with Crippen molar-refractivity contribution < 1.29 is 25.9 Å². The normalized spacial score (nSPS) is 11.3. The molecule has 33 heavy (non-hydrogen) atoms. The van der Waals surface area contributed by atoms with Gasteiger partial charge in [-0.2, -0.15) is 16.8 Å². The summed E-state index contributed by atoms with van der Waals surface area (Å²) < 4.78 is 61.5. The SMILES string of the molecule is CC.Nc1ccc(N)c2cc(S(=O)(=O)O)ccc12.Nc1cccc2ccc(S(=O)(=O)O)cc12. The molecule has 11 heteroatoms. The van der Waals surface area contributed by atoms with Gasteiger partial charge in [-0.05, 0) is 47.9 Å². The van der Waals surface area contributed by atoms with Crippen LogP contribution in [0.4, 0.5) is 17.1 Å². The fraction of sp³-hybridized carbons (Fsp3) is 0.0909. The minimum atomic E-state index is -4.22. The molecule has 176 valence electrons. The molecular formula is C22H25N3O6S2. The van der Waals surface area contributed by atoms with Crippen molar-refractivity contribution in [3.8, 4) is 0 Å². The molecule has 0 aliphatic heterocycles. The summed E-state index contributed by atoms with van der Waals surface area (Å²) in [6.45, 7) is 4.00. The van der Waals surface area contributed by atoms with E-state index in [4.69, 9.17) is 26.3 Å². The highest BCUT2D eigenvalue weighted by molar-refractivity contribution is 7.86. The molecule has 4 aromatic rings. The van der Waals surface area contributed by atoms with Crippen LogP contribution in [0.5, 0.6) is 0 Å². The van der Waals surface area contributed by atoms with Crippen molar-refractivity contribution in [3.63, 3.8) is 0 Å². The second-order valence-electron chi connectivity index (χ2n) is 6.63. The van der Waals surface area contributed by atoms with Gasteiger partial charge in [-0.15, -0.1) is 0 Å². The summed E-state index contributed by atoms with van der Waals surface area (Å²) in [6, 6.07) is 16.9. The van der Waals surface area contributed by atoms with Gasteiger partial charge in [-0.3, -0.25) is 9.11 Å². The van der Waals surface area contributed by atoms with E-state index >= 15 is 0 Å². The van der Waals surface area contributed by atoms with Crippen molar-refractivity contribution in [2.24, 2.45) is 0 Å². The topological polar surface area (TPSA) is 187 Å². The number of hydrogen-bond acceptors (Lipinski definition) is 7. The molecule has 0 aromatic heterocycles. The van der Waals surface area contributed by atoms with Crippen LogP contribution in [-0.2, 0) is 20.2 Å². The average molecular weight is 492 g/mol. The number of rotatable bonds is 2. The third-order valence-corrected chi connectivity index (χ3v) is 6.24. The standard InChI is InChI=1S/C10H10N2O3S.C10H9NO3S.C2H6/c11-9-3-4-10(12)8-5-6(16(13,14)15)1-2-7(8)9;11-10-3-1-2-7-4-5-8(6-9(7)10)15(12,13)14;1-2/h1-5H,11-12H2,(H,13,14,15);1-6H,11H2,(H,12,13,14);1-2H3. The smallest absolute Gasteiger partial charge is 0.294 e. The molecule has 0 aliphatic rings. The van der Waals surface area contributed by atoms with Crippen LogP contribution in [0.15, 0.2) is 76.5 Å². The van der Waals surface area contributed by atoms with Crippen LogP contribution < -0.4 is 17.2 Å². The number of hydrogen-bond donors (Lipinski definition) is 5. The van der Waals surface area contributed by atoms with Gasteiger partial charge in [0.15, 0.2) is 0 Å². The second kappa shape index (κ2) is 10.0. The average Bonchev–Trinajstić information content (AvgIpc) is 2.77. The lowest BCUT2D eigenvalue weighted by molar-refractivity contribution is 0.481. The molecule has 0 amide bonds. The van der Waals surface area contributed by atoms with E-state index in [9.17, 15) is 16.8 Å². The van der Waals surface area contributed by atoms with E-state index in [1.165, 1.54) is 30.3 Å². The van der Waals surface area contributed by atoms with Crippen LogP contribution in [0.1, 0.15) is 13.8 Å². The molecule has 0 saturated carbocycles. The summed E-state index contributed by atoms with van der Waals surface area (Å²) in [5.74, 6) is 0. The molecule has 8 N–H and O–H groups in total. The van der Waals surface area contributed by atoms with Gasteiger partial charge in [-0.1, -0.05) is 38.1 Å². The van der Waals surface area contributed by atoms with Gasteiger partial charge < -0.3 is 17.2 Å². The molecule has 0 unspecified atom stereocenters. The Labute approximate surface area is 192 Å². The van der Waals surface area contributed by atoms with Crippen LogP contribution in [0.3, 0.4) is 0 Å². The van der Waals surface area contributed by atoms with E-state index in [0.29, 0.717) is 33.2 Å². The lowest BCUT2D eigenvalue weighted by Crippen LogP contribution is -1.99. The second-order valence-corrected chi connectivity index (χ2v) is 9.47. The summed E-state index contributed by atoms with van der Waals surface area (Å²) in [5, 5.41) is 2.62. The van der Waals surface area contributed by atoms with Crippen molar-refractivity contribution in [1.29, 1.82) is 0 Å². The Bertz CT molecular complexity index is 1520. The van der Waals surface area contributed by atoms with E-state index < -0.39 is 20.2 Å². The monoisotopic (exact) mass is 491 g/mol. The zero-order chi connectivity index (χ0) is 25.0. The molecule has 0 fully saturated rings. The Morgan fingerprint density at radius 1 is 0.576 bits per heavy atom. The summed E-state index contributed by atoms with van der Waals surface area (Å²) in [4.78, 5) is -0.342. The van der Waals surface area contributed by atoms with Gasteiger partial charge >= 0.3 is 0 Å². The maximum atomic E-state index is 11.0. The molecular weight excluding hydrogens is 466 g/mol. The molecule has 0 spiro atoms. The first kappa shape index (κ1) is 25.9. The molecule has 4 rings (SSSR count). The van der Waals surface area contributed by atoms with Gasteiger partial charge in [0.2, 0.25) is 0 Å². The van der Waals surface area contributed by atoms with Crippen molar-refractivity contribution in [1.82, 2.24) is 0 Å². The molecule has 0 heterocycles. The first-order valence-electron chi connectivity index (χ1n) is 9.69. The van der Waals surface area contributed by atoms with E-state index in [1.807, 2.05) is 19.9 Å². The molecule has 9 nitrogen and oxygen atoms in total. The Morgan fingerprint density at radius 3 is 1.58 bits per heavy atom. The van der Waals surface area contributed by atoms with E-state index in [1.54, 1.807) is 30.3 Å². The van der Waals surface area contributed by atoms with Crippen molar-refractivity contribution in [3.05, 3.63) is 66.7 Å². The van der Waals surface area contributed by atoms with Crippen molar-refractivity contribution in [2.75, 3.05) is 17.2 Å². The first-order valence-corrected chi connectivity index (χ1v) is 12.6. The van der Waals surface area contributed by atoms with Crippen molar-refractivity contribution >= 4 is 58.8 Å². The molecule has 0 bridgehead atoms. The fourth-order valence-corrected chi connectivity index (χ4v) is 3.98. The van der Waals surface area contributed by atoms with Crippen LogP contribution >= 0.6 is 0 Å². The molecule has 0 radical (unpaired) electrons. The largest absolute Gasteiger partial charge is 0.398 e. The quantitative estimate of drug-likeness (QED) is 0.204. The van der Waals surface area contributed by atoms with Crippen molar-refractivity contribution in [2.45, 2.75) is 23.6 Å². The molecule has 0 saturated heterocycles. The zero-order valence-electron chi connectivity index (χ0n) is 17.9. The van der Waals surface area contributed by atoms with Gasteiger partial charge in [0.05, 0.1) is 9.79 Å². The van der Waals surface area contributed by atoms with E-state index in [2.05, 4.69) is 0 Å². The third kappa shape index (κ3) is 6.11. The van der Waals surface area contributed by atoms with Gasteiger partial charge in [-0.25, -0.2) is 0 Å². The summed E-state index contributed by atoms with van der Waals surface area (Å²) in [6.07, 6.45) is 0. The Kier molecular flexibility index (Phi) is 7.88. The predicted octanol–water partition coefficient (Wildman–Crippen LogP) is 3.95. The maximum absolute atomic E-state index is 11.0. The molecule has 4 aromatic carbocycles. The predicted molar refractivity (Wildman–Crippen MR) is 132 cm³/mol. The first-order chi connectivity index (χ1) is 15.4. The Balaban J connectivity index is 0.000000218. The summed E-state index contributed by atoms with van der Waals surface area (Å²) in [5.41, 5.74) is 18.5. The minimum absolute atomic E-state index is 0.145. The number of nitrogens with two attached hydrogens (primary N) is 3. The number of benzene rings is 4. The van der Waals surface area contributed by atoms with Gasteiger partial charge in [0, 0.05) is 33.2 Å². The Morgan fingerprint density at radius 2 is 1.03 bits per heavy atom. The number of nitrogen functional groups attached to an aromatic ring is 3. The summed E-state index contributed by atoms with van der Waals surface area (Å²) in [7, 11) is -8.39. The highest BCUT2D eigenvalue weighted by Crippen LogP contribution is 2.28. The maximum Gasteiger partial charge on any atom is 0.294 e. The van der Waals surface area contributed by atoms with Crippen LogP contribution in [0, 0.1) is 0 Å². The fourth-order valence-electron chi connectivity index (χ4n) is 2.97. The third-order valence-electron chi connectivity index (χ3n) is 4.54. The van der Waals surface area contributed by atoms with E-state index in [-0.39, 0.29) is 9.79 Å². The highest BCUT2D eigenvalue weighted by atomic mass is 32.2. The van der Waals surface area contributed by atoms with Gasteiger partial charge in [0.25, 0.3) is 20.2 Å². The van der Waals surface area contributed by atoms with Gasteiger partial charge in [0.1, 0.15) is 0 Å². The van der Waals surface area contributed by atoms with E-state index in [0.717, 1.165) is 5.39 Å². The van der Waals surface area contributed by atoms with Crippen LogP contribution in [0.2, 0.25) is 0 Å². The van der Waals surface area contributed by atoms with Crippen LogP contribution in [0.25, 0.3) is 21.5 Å². The Hall–Kier alpha value is -3.38. The van der Waals surface area contributed by atoms with Crippen LogP contribution in [-0.4, -0.2) is 25.9 Å². The molecule has 0 aliphatic carbocycles. The zero-order valence-corrected chi connectivity index (χ0v) is 19.6. The molecule has 0 atom stereocenters. The highest BCUT2D eigenvalue weighted by Gasteiger charge is 2.12.